The molecule has 3 heterocycles. The Bertz CT molecular complexity index is 988. The molecule has 3 aromatic rings. The third-order valence-electron chi connectivity index (χ3n) is 4.83. The number of hydrogen-bond acceptors (Lipinski definition) is 6. The van der Waals surface area contributed by atoms with Crippen molar-refractivity contribution in [2.24, 2.45) is 0 Å². The van der Waals surface area contributed by atoms with Gasteiger partial charge in [-0.05, 0) is 51.8 Å². The van der Waals surface area contributed by atoms with Gasteiger partial charge in [-0.25, -0.2) is 4.98 Å². The molecule has 4 rings (SSSR count). The van der Waals surface area contributed by atoms with Crippen LogP contribution in [-0.4, -0.2) is 36.8 Å². The van der Waals surface area contributed by atoms with E-state index in [2.05, 4.69) is 0 Å². The molecule has 148 valence electrons. The average molecular weight is 401 g/mol. The van der Waals surface area contributed by atoms with Gasteiger partial charge in [-0.2, -0.15) is 0 Å². The van der Waals surface area contributed by atoms with Crippen molar-refractivity contribution in [2.75, 3.05) is 24.7 Å². The Morgan fingerprint density at radius 1 is 1.39 bits per heavy atom. The van der Waals surface area contributed by atoms with Gasteiger partial charge >= 0.3 is 0 Å². The molecule has 7 heteroatoms. The number of para-hydroxylation sites is 1. The first-order valence-corrected chi connectivity index (χ1v) is 10.4. The van der Waals surface area contributed by atoms with Crippen LogP contribution in [0.15, 0.2) is 28.7 Å². The molecule has 1 fully saturated rings. The number of carbonyl (C=O) groups is 1. The third kappa shape index (κ3) is 3.64. The van der Waals surface area contributed by atoms with E-state index in [0.29, 0.717) is 29.6 Å². The number of hydrogen-bond donors (Lipinski definition) is 0. The lowest BCUT2D eigenvalue weighted by Crippen LogP contribution is -2.37. The second kappa shape index (κ2) is 7.93. The zero-order valence-corrected chi connectivity index (χ0v) is 17.2. The standard InChI is InChI=1S/C21H24N2O4S/c1-4-25-17-8-5-9-18-19(17)22-21(28-18)23(12-15-7-6-10-26-15)20(24)16-11-13(2)27-14(16)3/h5,8-9,11,15H,4,6-7,10,12H2,1-3H3. The van der Waals surface area contributed by atoms with E-state index in [1.54, 1.807) is 11.0 Å². The predicted molar refractivity (Wildman–Crippen MR) is 110 cm³/mol. The van der Waals surface area contributed by atoms with Crippen molar-refractivity contribution in [1.82, 2.24) is 4.98 Å². The lowest BCUT2D eigenvalue weighted by molar-refractivity contribution is 0.0916. The molecule has 0 spiro atoms. The van der Waals surface area contributed by atoms with E-state index in [4.69, 9.17) is 18.9 Å². The van der Waals surface area contributed by atoms with Crippen LogP contribution in [-0.2, 0) is 4.74 Å². The van der Waals surface area contributed by atoms with Crippen LogP contribution in [0.1, 0.15) is 41.6 Å². The molecule has 28 heavy (non-hydrogen) atoms. The predicted octanol–water partition coefficient (Wildman–Crippen LogP) is 4.73. The van der Waals surface area contributed by atoms with Gasteiger partial charge in [0, 0.05) is 6.61 Å². The number of benzene rings is 1. The van der Waals surface area contributed by atoms with Crippen LogP contribution in [0.5, 0.6) is 5.75 Å². The summed E-state index contributed by atoms with van der Waals surface area (Å²) in [5.41, 5.74) is 1.36. The van der Waals surface area contributed by atoms with Crippen LogP contribution in [0.2, 0.25) is 0 Å². The number of aromatic nitrogens is 1. The zero-order chi connectivity index (χ0) is 19.7. The van der Waals surface area contributed by atoms with Crippen molar-refractivity contribution in [2.45, 2.75) is 39.7 Å². The molecule has 0 N–H and O–H groups in total. The van der Waals surface area contributed by atoms with Crippen LogP contribution in [0.25, 0.3) is 10.2 Å². The minimum absolute atomic E-state index is 0.0237. The number of furan rings is 1. The zero-order valence-electron chi connectivity index (χ0n) is 16.4. The SMILES string of the molecule is CCOc1cccc2sc(N(CC3CCCO3)C(=O)c3cc(C)oc3C)nc12. The highest BCUT2D eigenvalue weighted by Crippen LogP contribution is 2.35. The van der Waals surface area contributed by atoms with E-state index in [9.17, 15) is 4.79 Å². The van der Waals surface area contributed by atoms with Gasteiger partial charge in [-0.1, -0.05) is 17.4 Å². The molecule has 0 radical (unpaired) electrons. The number of thiazole rings is 1. The van der Waals surface area contributed by atoms with Crippen LogP contribution in [0, 0.1) is 13.8 Å². The van der Waals surface area contributed by atoms with E-state index < -0.39 is 0 Å². The Morgan fingerprint density at radius 2 is 2.25 bits per heavy atom. The van der Waals surface area contributed by atoms with Crippen LogP contribution in [0.4, 0.5) is 5.13 Å². The highest BCUT2D eigenvalue weighted by atomic mass is 32.1. The number of fused-ring (bicyclic) bond motifs is 1. The fourth-order valence-electron chi connectivity index (χ4n) is 3.53. The van der Waals surface area contributed by atoms with Gasteiger partial charge in [-0.15, -0.1) is 0 Å². The molecule has 2 aromatic heterocycles. The summed E-state index contributed by atoms with van der Waals surface area (Å²) in [6.45, 7) is 7.40. The first-order valence-electron chi connectivity index (χ1n) is 9.59. The van der Waals surface area contributed by atoms with Gasteiger partial charge in [0.25, 0.3) is 5.91 Å². The van der Waals surface area contributed by atoms with E-state index in [1.165, 1.54) is 11.3 Å². The summed E-state index contributed by atoms with van der Waals surface area (Å²) in [5, 5.41) is 0.654. The lowest BCUT2D eigenvalue weighted by Gasteiger charge is -2.22. The Morgan fingerprint density at radius 3 is 2.93 bits per heavy atom. The highest BCUT2D eigenvalue weighted by molar-refractivity contribution is 7.22. The van der Waals surface area contributed by atoms with Gasteiger partial charge in [-0.3, -0.25) is 9.69 Å². The molecular weight excluding hydrogens is 376 g/mol. The smallest absolute Gasteiger partial charge is 0.263 e. The average Bonchev–Trinajstić information content (AvgIpc) is 3.39. The lowest BCUT2D eigenvalue weighted by atomic mass is 10.2. The van der Waals surface area contributed by atoms with Gasteiger partial charge < -0.3 is 13.9 Å². The minimum Gasteiger partial charge on any atom is -0.492 e. The summed E-state index contributed by atoms with van der Waals surface area (Å²) in [6, 6.07) is 7.65. The summed E-state index contributed by atoms with van der Waals surface area (Å²) in [6.07, 6.45) is 1.99. The number of aryl methyl sites for hydroxylation is 2. The first kappa shape index (κ1) is 19.0. The molecule has 1 saturated heterocycles. The fourth-order valence-corrected chi connectivity index (χ4v) is 4.52. The Labute approximate surface area is 168 Å². The van der Waals surface area contributed by atoms with Gasteiger partial charge in [0.05, 0.1) is 29.5 Å². The molecule has 1 aliphatic heterocycles. The number of nitrogens with zero attached hydrogens (tertiary/aromatic N) is 2. The number of ether oxygens (including phenoxy) is 2. The maximum Gasteiger partial charge on any atom is 0.263 e. The van der Waals surface area contributed by atoms with Crippen molar-refractivity contribution >= 4 is 32.6 Å². The van der Waals surface area contributed by atoms with Gasteiger partial charge in [0.1, 0.15) is 22.8 Å². The Hall–Kier alpha value is -2.38. The van der Waals surface area contributed by atoms with Crippen molar-refractivity contribution in [1.29, 1.82) is 0 Å². The normalized spacial score (nSPS) is 16.6. The number of rotatable bonds is 6. The van der Waals surface area contributed by atoms with E-state index in [-0.39, 0.29) is 12.0 Å². The van der Waals surface area contributed by atoms with E-state index >= 15 is 0 Å². The fraction of sp³-hybridized carbons (Fsp3) is 0.429. The van der Waals surface area contributed by atoms with Gasteiger partial charge in [0.15, 0.2) is 5.13 Å². The van der Waals surface area contributed by atoms with E-state index in [1.807, 2.05) is 39.0 Å². The molecule has 1 amide bonds. The highest BCUT2D eigenvalue weighted by Gasteiger charge is 2.29. The molecule has 1 atom stereocenters. The Balaban J connectivity index is 1.74. The summed E-state index contributed by atoms with van der Waals surface area (Å²) in [4.78, 5) is 19.9. The maximum absolute atomic E-state index is 13.4. The molecule has 6 nitrogen and oxygen atoms in total. The van der Waals surface area contributed by atoms with E-state index in [0.717, 1.165) is 41.2 Å². The monoisotopic (exact) mass is 400 g/mol. The maximum atomic E-state index is 13.4. The summed E-state index contributed by atoms with van der Waals surface area (Å²) in [5.74, 6) is 1.97. The largest absolute Gasteiger partial charge is 0.492 e. The second-order valence-electron chi connectivity index (χ2n) is 6.91. The van der Waals surface area contributed by atoms with Crippen molar-refractivity contribution < 1.29 is 18.7 Å². The molecule has 0 saturated carbocycles. The van der Waals surface area contributed by atoms with Crippen molar-refractivity contribution in [3.8, 4) is 5.75 Å². The summed E-state index contributed by atoms with van der Waals surface area (Å²) < 4.78 is 18.1. The summed E-state index contributed by atoms with van der Waals surface area (Å²) in [7, 11) is 0. The minimum atomic E-state index is -0.109. The first-order chi connectivity index (χ1) is 13.6. The molecule has 1 unspecified atom stereocenters. The molecule has 0 bridgehead atoms. The van der Waals surface area contributed by atoms with Crippen LogP contribution in [0.3, 0.4) is 0 Å². The van der Waals surface area contributed by atoms with Crippen molar-refractivity contribution in [3.05, 3.63) is 41.3 Å². The van der Waals surface area contributed by atoms with Crippen LogP contribution < -0.4 is 9.64 Å². The molecule has 1 aromatic carbocycles. The third-order valence-corrected chi connectivity index (χ3v) is 5.87. The molecule has 1 aliphatic rings. The molecular formula is C21H24N2O4S. The second-order valence-corrected chi connectivity index (χ2v) is 7.92. The van der Waals surface area contributed by atoms with Crippen molar-refractivity contribution in [3.63, 3.8) is 0 Å². The summed E-state index contributed by atoms with van der Waals surface area (Å²) >= 11 is 1.49. The van der Waals surface area contributed by atoms with Gasteiger partial charge in [0.2, 0.25) is 0 Å². The number of carbonyl (C=O) groups excluding carboxylic acids is 1. The number of anilines is 1. The number of amides is 1. The topological polar surface area (TPSA) is 64.8 Å². The Kier molecular flexibility index (Phi) is 5.37. The van der Waals surface area contributed by atoms with Crippen LogP contribution >= 0.6 is 11.3 Å². The molecule has 0 aliphatic carbocycles. The quantitative estimate of drug-likeness (QED) is 0.598.